The molecule has 2 rings (SSSR count). The van der Waals surface area contributed by atoms with Crippen LogP contribution in [-0.2, 0) is 6.54 Å². The Balaban J connectivity index is 2.13. The Bertz CT molecular complexity index is 539. The summed E-state index contributed by atoms with van der Waals surface area (Å²) in [5, 5.41) is 4.35. The van der Waals surface area contributed by atoms with Gasteiger partial charge in [0.2, 0.25) is 0 Å². The second kappa shape index (κ2) is 5.50. The van der Waals surface area contributed by atoms with Crippen molar-refractivity contribution in [2.24, 2.45) is 5.73 Å². The van der Waals surface area contributed by atoms with Crippen LogP contribution >= 0.6 is 11.6 Å². The zero-order valence-corrected chi connectivity index (χ0v) is 10.9. The molecule has 1 aromatic heterocycles. The zero-order valence-electron chi connectivity index (χ0n) is 10.1. The quantitative estimate of drug-likeness (QED) is 0.925. The Morgan fingerprint density at radius 1 is 1.50 bits per heavy atom. The van der Waals surface area contributed by atoms with Crippen molar-refractivity contribution in [3.8, 4) is 0 Å². The van der Waals surface area contributed by atoms with E-state index >= 15 is 0 Å². The lowest BCUT2D eigenvalue weighted by atomic mass is 10.1. The number of nitrogens with two attached hydrogens (primary N) is 1. The molecule has 0 radical (unpaired) electrons. The molecule has 1 atom stereocenters. The van der Waals surface area contributed by atoms with E-state index in [0.29, 0.717) is 6.54 Å². The molecule has 2 aromatic rings. The van der Waals surface area contributed by atoms with E-state index < -0.39 is 5.82 Å². The maximum absolute atomic E-state index is 13.3. The maximum atomic E-state index is 13.3. The van der Waals surface area contributed by atoms with Crippen molar-refractivity contribution in [2.45, 2.75) is 25.9 Å². The van der Waals surface area contributed by atoms with E-state index in [9.17, 15) is 4.39 Å². The van der Waals surface area contributed by atoms with E-state index in [1.165, 1.54) is 6.07 Å². The van der Waals surface area contributed by atoms with E-state index in [4.69, 9.17) is 17.3 Å². The molecule has 0 bridgehead atoms. The van der Waals surface area contributed by atoms with Crippen molar-refractivity contribution in [3.63, 3.8) is 0 Å². The second-order valence-electron chi connectivity index (χ2n) is 4.23. The third kappa shape index (κ3) is 2.89. The first kappa shape index (κ1) is 13.1. The third-order valence-corrected chi connectivity index (χ3v) is 3.16. The highest BCUT2D eigenvalue weighted by Gasteiger charge is 2.07. The van der Waals surface area contributed by atoms with Crippen molar-refractivity contribution < 1.29 is 4.39 Å². The molecule has 5 heteroatoms. The van der Waals surface area contributed by atoms with Crippen LogP contribution in [0.2, 0.25) is 5.02 Å². The van der Waals surface area contributed by atoms with Crippen LogP contribution in [0.4, 0.5) is 4.39 Å². The van der Waals surface area contributed by atoms with Crippen molar-refractivity contribution >= 4 is 11.6 Å². The molecule has 3 nitrogen and oxygen atoms in total. The summed E-state index contributed by atoms with van der Waals surface area (Å²) in [4.78, 5) is 0. The molecular formula is C13H15ClFN3. The largest absolute Gasteiger partial charge is 0.324 e. The van der Waals surface area contributed by atoms with E-state index in [0.717, 1.165) is 17.5 Å². The molecule has 0 saturated carbocycles. The summed E-state index contributed by atoms with van der Waals surface area (Å²) in [5.74, 6) is -0.410. The van der Waals surface area contributed by atoms with Gasteiger partial charge in [-0.3, -0.25) is 4.68 Å². The minimum absolute atomic E-state index is 0.000652. The van der Waals surface area contributed by atoms with Gasteiger partial charge in [-0.1, -0.05) is 24.6 Å². The minimum Gasteiger partial charge on any atom is -0.324 e. The van der Waals surface area contributed by atoms with E-state index in [2.05, 4.69) is 5.10 Å². The molecule has 0 aliphatic rings. The van der Waals surface area contributed by atoms with Gasteiger partial charge in [-0.25, -0.2) is 4.39 Å². The van der Waals surface area contributed by atoms with E-state index in [-0.39, 0.29) is 11.1 Å². The van der Waals surface area contributed by atoms with Gasteiger partial charge in [0, 0.05) is 17.8 Å². The normalized spacial score (nSPS) is 12.7. The van der Waals surface area contributed by atoms with Crippen LogP contribution in [0.5, 0.6) is 0 Å². The Morgan fingerprint density at radius 3 is 2.94 bits per heavy atom. The van der Waals surface area contributed by atoms with Crippen molar-refractivity contribution in [1.82, 2.24) is 9.78 Å². The van der Waals surface area contributed by atoms with Gasteiger partial charge in [0.05, 0.1) is 17.8 Å². The molecule has 1 heterocycles. The van der Waals surface area contributed by atoms with Crippen LogP contribution in [0.25, 0.3) is 0 Å². The standard InChI is InChI=1S/C13H15ClFN3/c1-2-13(16)10-6-17-18(8-10)7-9-3-4-11(14)12(15)5-9/h3-6,8,13H,2,7,16H2,1H3. The number of hydrogen-bond donors (Lipinski definition) is 1. The molecule has 0 spiro atoms. The van der Waals surface area contributed by atoms with Gasteiger partial charge in [-0.05, 0) is 24.1 Å². The van der Waals surface area contributed by atoms with Gasteiger partial charge < -0.3 is 5.73 Å². The molecule has 1 unspecified atom stereocenters. The number of halogens is 2. The van der Waals surface area contributed by atoms with Crippen LogP contribution in [-0.4, -0.2) is 9.78 Å². The molecule has 96 valence electrons. The van der Waals surface area contributed by atoms with Gasteiger partial charge in [0.1, 0.15) is 5.82 Å². The smallest absolute Gasteiger partial charge is 0.142 e. The van der Waals surface area contributed by atoms with Gasteiger partial charge in [0.25, 0.3) is 0 Å². The average Bonchev–Trinajstić information content (AvgIpc) is 2.81. The molecular weight excluding hydrogens is 253 g/mol. The maximum Gasteiger partial charge on any atom is 0.142 e. The minimum atomic E-state index is -0.410. The fourth-order valence-corrected chi connectivity index (χ4v) is 1.84. The Kier molecular flexibility index (Phi) is 3.99. The lowest BCUT2D eigenvalue weighted by molar-refractivity contribution is 0.619. The van der Waals surface area contributed by atoms with Gasteiger partial charge in [-0.15, -0.1) is 0 Å². The first-order valence-electron chi connectivity index (χ1n) is 5.82. The molecule has 2 N–H and O–H groups in total. The average molecular weight is 268 g/mol. The van der Waals surface area contributed by atoms with Crippen LogP contribution in [0.15, 0.2) is 30.6 Å². The van der Waals surface area contributed by atoms with Crippen molar-refractivity contribution in [2.75, 3.05) is 0 Å². The van der Waals surface area contributed by atoms with Crippen molar-refractivity contribution in [1.29, 1.82) is 0 Å². The lowest BCUT2D eigenvalue weighted by Crippen LogP contribution is -2.07. The predicted molar refractivity (Wildman–Crippen MR) is 70.0 cm³/mol. The first-order chi connectivity index (χ1) is 8.60. The number of rotatable bonds is 4. The number of nitrogens with zero attached hydrogens (tertiary/aromatic N) is 2. The summed E-state index contributed by atoms with van der Waals surface area (Å²) in [6.07, 6.45) is 4.50. The van der Waals surface area contributed by atoms with Crippen LogP contribution < -0.4 is 5.73 Å². The van der Waals surface area contributed by atoms with Crippen LogP contribution in [0.1, 0.15) is 30.5 Å². The molecule has 0 saturated heterocycles. The summed E-state index contributed by atoms with van der Waals surface area (Å²) in [6, 6.07) is 4.75. The Morgan fingerprint density at radius 2 is 2.28 bits per heavy atom. The summed E-state index contributed by atoms with van der Waals surface area (Å²) < 4.78 is 15.0. The summed E-state index contributed by atoms with van der Waals surface area (Å²) in [6.45, 7) is 2.53. The molecule has 0 aliphatic heterocycles. The molecule has 0 aliphatic carbocycles. The molecule has 18 heavy (non-hydrogen) atoms. The fourth-order valence-electron chi connectivity index (χ4n) is 1.72. The predicted octanol–water partition coefficient (Wildman–Crippen LogP) is 3.13. The Labute approximate surface area is 110 Å². The van der Waals surface area contributed by atoms with Gasteiger partial charge >= 0.3 is 0 Å². The highest BCUT2D eigenvalue weighted by molar-refractivity contribution is 6.30. The highest BCUT2D eigenvalue weighted by atomic mass is 35.5. The van der Waals surface area contributed by atoms with E-state index in [1.807, 2.05) is 13.1 Å². The van der Waals surface area contributed by atoms with Gasteiger partial charge in [0.15, 0.2) is 0 Å². The second-order valence-corrected chi connectivity index (χ2v) is 4.64. The Hall–Kier alpha value is -1.39. The SMILES string of the molecule is CCC(N)c1cnn(Cc2ccc(Cl)c(F)c2)c1. The zero-order chi connectivity index (χ0) is 13.1. The summed E-state index contributed by atoms with van der Waals surface area (Å²) in [7, 11) is 0. The van der Waals surface area contributed by atoms with Crippen LogP contribution in [0.3, 0.4) is 0 Å². The number of benzene rings is 1. The molecule has 0 fully saturated rings. The summed E-state index contributed by atoms with van der Waals surface area (Å²) in [5.41, 5.74) is 7.72. The summed E-state index contributed by atoms with van der Waals surface area (Å²) >= 11 is 5.63. The fraction of sp³-hybridized carbons (Fsp3) is 0.308. The number of hydrogen-bond acceptors (Lipinski definition) is 2. The molecule has 1 aromatic carbocycles. The topological polar surface area (TPSA) is 43.8 Å². The third-order valence-electron chi connectivity index (χ3n) is 2.85. The van der Waals surface area contributed by atoms with Crippen LogP contribution in [0, 0.1) is 5.82 Å². The molecule has 0 amide bonds. The first-order valence-corrected chi connectivity index (χ1v) is 6.19. The highest BCUT2D eigenvalue weighted by Crippen LogP contribution is 2.17. The van der Waals surface area contributed by atoms with Gasteiger partial charge in [-0.2, -0.15) is 5.10 Å². The van der Waals surface area contributed by atoms with E-state index in [1.54, 1.807) is 23.0 Å². The lowest BCUT2D eigenvalue weighted by Gasteiger charge is -2.05. The monoisotopic (exact) mass is 267 g/mol. The number of aromatic nitrogens is 2. The van der Waals surface area contributed by atoms with Crippen molar-refractivity contribution in [3.05, 3.63) is 52.6 Å².